The van der Waals surface area contributed by atoms with Crippen LogP contribution in [0, 0.1) is 0 Å². The topological polar surface area (TPSA) is 118 Å². The molecule has 4 rings (SSSR count). The zero-order valence-electron chi connectivity index (χ0n) is 21.7. The maximum atomic E-state index is 12.9. The van der Waals surface area contributed by atoms with E-state index in [9.17, 15) is 31.2 Å². The Hall–Kier alpha value is -4.10. The summed E-state index contributed by atoms with van der Waals surface area (Å²) in [5, 5.41) is 4.75. The van der Waals surface area contributed by atoms with Crippen molar-refractivity contribution < 1.29 is 31.2 Å². The fourth-order valence-electron chi connectivity index (χ4n) is 3.80. The van der Waals surface area contributed by atoms with Crippen LogP contribution in [0.4, 0.5) is 18.9 Å². The number of nitrogens with zero attached hydrogens (tertiary/aromatic N) is 2. The molecular weight excluding hydrogens is 577 g/mol. The summed E-state index contributed by atoms with van der Waals surface area (Å²) in [5.74, 6) is -1.24. The summed E-state index contributed by atoms with van der Waals surface area (Å²) in [6.45, 7) is 1.97. The number of alkyl halides is 3. The van der Waals surface area contributed by atoms with Crippen LogP contribution < -0.4 is 10.0 Å². The summed E-state index contributed by atoms with van der Waals surface area (Å²) >= 11 is 1.24. The van der Waals surface area contributed by atoms with Gasteiger partial charge in [0.1, 0.15) is 9.90 Å². The third-order valence-corrected chi connectivity index (χ3v) is 8.23. The lowest BCUT2D eigenvalue weighted by Crippen LogP contribution is -2.31. The van der Waals surface area contributed by atoms with Gasteiger partial charge in [-0.15, -0.1) is 11.3 Å². The monoisotopic (exact) mass is 602 g/mol. The number of carbonyl (C=O) groups excluding carboxylic acids is 2. The van der Waals surface area contributed by atoms with Crippen LogP contribution in [0.3, 0.4) is 0 Å². The Morgan fingerprint density at radius 3 is 2.34 bits per heavy atom. The second kappa shape index (κ2) is 12.6. The molecule has 13 heteroatoms. The lowest BCUT2D eigenvalue weighted by molar-refractivity contribution is -0.137. The lowest BCUT2D eigenvalue weighted by atomic mass is 10.1. The summed E-state index contributed by atoms with van der Waals surface area (Å²) in [5.41, 5.74) is 0.832. The van der Waals surface area contributed by atoms with E-state index in [4.69, 9.17) is 0 Å². The Bertz CT molecular complexity index is 1640. The van der Waals surface area contributed by atoms with Gasteiger partial charge in [0.15, 0.2) is 0 Å². The van der Waals surface area contributed by atoms with E-state index < -0.39 is 33.6 Å². The molecule has 4 aromatic rings. The van der Waals surface area contributed by atoms with Gasteiger partial charge in [-0.25, -0.2) is 18.1 Å². The average Bonchev–Trinajstić information content (AvgIpc) is 3.43. The molecule has 0 saturated heterocycles. The second-order valence-electron chi connectivity index (χ2n) is 8.98. The van der Waals surface area contributed by atoms with Crippen LogP contribution in [0.25, 0.3) is 22.0 Å². The minimum absolute atomic E-state index is 0.00320. The van der Waals surface area contributed by atoms with Gasteiger partial charge in [-0.2, -0.15) is 13.2 Å². The second-order valence-corrected chi connectivity index (χ2v) is 11.5. The largest absolute Gasteiger partial charge is 0.416 e. The third kappa shape index (κ3) is 7.55. The van der Waals surface area contributed by atoms with Crippen molar-refractivity contribution in [2.45, 2.75) is 43.7 Å². The molecule has 0 aliphatic rings. The first-order chi connectivity index (χ1) is 19.5. The number of rotatable bonds is 10. The first-order valence-corrected chi connectivity index (χ1v) is 14.9. The van der Waals surface area contributed by atoms with Crippen molar-refractivity contribution in [2.75, 3.05) is 5.32 Å². The number of unbranched alkanes of at least 4 members (excludes halogenated alkanes) is 2. The highest BCUT2D eigenvalue weighted by molar-refractivity contribution is 7.90. The standard InChI is InChI=1S/C28H25F3N4O4S2/c1-2-3-4-9-25(36)35-41(38,39)24-8-6-5-7-21(24)33-26(37)19-12-15-22(32-16-19)27-34-23(17-40-27)18-10-13-20(14-11-18)28(29,30)31/h5-8,10-17H,2-4,9H2,1H3,(H,33,37)(H,35,36). The number of benzene rings is 2. The van der Waals surface area contributed by atoms with E-state index in [1.54, 1.807) is 17.5 Å². The molecule has 2 amide bonds. The number of halogens is 3. The van der Waals surface area contributed by atoms with Gasteiger partial charge in [0.25, 0.3) is 15.9 Å². The molecule has 0 atom stereocenters. The zero-order chi connectivity index (χ0) is 29.6. The fraction of sp³-hybridized carbons (Fsp3) is 0.214. The Labute approximate surface area is 238 Å². The van der Waals surface area contributed by atoms with Crippen molar-refractivity contribution in [3.05, 3.63) is 83.4 Å². The Balaban J connectivity index is 1.45. The van der Waals surface area contributed by atoms with Gasteiger partial charge in [-0.3, -0.25) is 14.6 Å². The molecule has 0 radical (unpaired) electrons. The zero-order valence-corrected chi connectivity index (χ0v) is 23.4. The lowest BCUT2D eigenvalue weighted by Gasteiger charge is -2.12. The van der Waals surface area contributed by atoms with Crippen LogP contribution >= 0.6 is 11.3 Å². The summed E-state index contributed by atoms with van der Waals surface area (Å²) in [7, 11) is -4.22. The van der Waals surface area contributed by atoms with Crippen molar-refractivity contribution in [3.63, 3.8) is 0 Å². The third-order valence-electron chi connectivity index (χ3n) is 5.94. The van der Waals surface area contributed by atoms with Crippen LogP contribution in [-0.2, 0) is 21.0 Å². The minimum atomic E-state index is -4.43. The van der Waals surface area contributed by atoms with Gasteiger partial charge in [0, 0.05) is 23.6 Å². The number of sulfonamides is 1. The van der Waals surface area contributed by atoms with E-state index in [-0.39, 0.29) is 22.6 Å². The highest BCUT2D eigenvalue weighted by atomic mass is 32.2. The van der Waals surface area contributed by atoms with Gasteiger partial charge in [0.05, 0.1) is 28.2 Å². The fourth-order valence-corrected chi connectivity index (χ4v) is 5.78. The minimum Gasteiger partial charge on any atom is -0.321 e. The summed E-state index contributed by atoms with van der Waals surface area (Å²) in [6, 6.07) is 13.5. The van der Waals surface area contributed by atoms with E-state index in [0.717, 1.165) is 25.0 Å². The highest BCUT2D eigenvalue weighted by Crippen LogP contribution is 2.32. The number of anilines is 1. The smallest absolute Gasteiger partial charge is 0.321 e. The van der Waals surface area contributed by atoms with Gasteiger partial charge >= 0.3 is 6.18 Å². The Morgan fingerprint density at radius 2 is 1.68 bits per heavy atom. The predicted octanol–water partition coefficient (Wildman–Crippen LogP) is 6.53. The molecule has 2 aromatic carbocycles. The quantitative estimate of drug-likeness (QED) is 0.199. The predicted molar refractivity (Wildman–Crippen MR) is 150 cm³/mol. The van der Waals surface area contributed by atoms with E-state index in [2.05, 4.69) is 15.3 Å². The van der Waals surface area contributed by atoms with Gasteiger partial charge in [0.2, 0.25) is 5.91 Å². The number of carbonyl (C=O) groups is 2. The molecular formula is C28H25F3N4O4S2. The first-order valence-electron chi connectivity index (χ1n) is 12.5. The maximum absolute atomic E-state index is 12.9. The van der Waals surface area contributed by atoms with Crippen LogP contribution in [0.15, 0.2) is 77.1 Å². The van der Waals surface area contributed by atoms with E-state index >= 15 is 0 Å². The van der Waals surface area contributed by atoms with Crippen LogP contribution in [0.2, 0.25) is 0 Å². The first kappa shape index (κ1) is 29.9. The van der Waals surface area contributed by atoms with Crippen molar-refractivity contribution in [1.29, 1.82) is 0 Å². The number of hydrogen-bond donors (Lipinski definition) is 2. The average molecular weight is 603 g/mol. The van der Waals surface area contributed by atoms with Gasteiger partial charge in [-0.05, 0) is 42.8 Å². The number of thiazole rings is 1. The number of pyridine rings is 1. The molecule has 0 aliphatic heterocycles. The van der Waals surface area contributed by atoms with Gasteiger partial charge in [-0.1, -0.05) is 44.0 Å². The molecule has 0 unspecified atom stereocenters. The van der Waals surface area contributed by atoms with Crippen LogP contribution in [-0.4, -0.2) is 30.2 Å². The van der Waals surface area contributed by atoms with E-state index in [1.807, 2.05) is 11.6 Å². The maximum Gasteiger partial charge on any atom is 0.416 e. The molecule has 41 heavy (non-hydrogen) atoms. The molecule has 0 fully saturated rings. The molecule has 0 saturated carbocycles. The van der Waals surface area contributed by atoms with E-state index in [1.165, 1.54) is 53.9 Å². The van der Waals surface area contributed by atoms with Crippen LogP contribution in [0.5, 0.6) is 0 Å². The number of amides is 2. The molecule has 2 heterocycles. The molecule has 0 spiro atoms. The highest BCUT2D eigenvalue weighted by Gasteiger charge is 2.30. The molecule has 2 aromatic heterocycles. The normalized spacial score (nSPS) is 11.7. The van der Waals surface area contributed by atoms with Crippen molar-refractivity contribution >= 4 is 38.9 Å². The number of hydrogen-bond acceptors (Lipinski definition) is 7. The molecule has 8 nitrogen and oxygen atoms in total. The number of nitrogens with one attached hydrogen (secondary N) is 2. The van der Waals surface area contributed by atoms with Gasteiger partial charge < -0.3 is 5.32 Å². The SMILES string of the molecule is CCCCCC(=O)NS(=O)(=O)c1ccccc1NC(=O)c1ccc(-c2nc(-c3ccc(C(F)(F)F)cc3)cs2)nc1. The van der Waals surface area contributed by atoms with Crippen LogP contribution in [0.1, 0.15) is 48.5 Å². The Kier molecular flexibility index (Phi) is 9.18. The summed E-state index contributed by atoms with van der Waals surface area (Å²) in [6.07, 6.45) is -0.796. The van der Waals surface area contributed by atoms with Crippen molar-refractivity contribution in [2.24, 2.45) is 0 Å². The molecule has 2 N–H and O–H groups in total. The van der Waals surface area contributed by atoms with Crippen molar-refractivity contribution in [1.82, 2.24) is 14.7 Å². The Morgan fingerprint density at radius 1 is 0.951 bits per heavy atom. The van der Waals surface area contributed by atoms with Crippen molar-refractivity contribution in [3.8, 4) is 22.0 Å². The van der Waals surface area contributed by atoms with E-state index in [0.29, 0.717) is 28.4 Å². The molecule has 214 valence electrons. The molecule has 0 bridgehead atoms. The number of aromatic nitrogens is 2. The molecule has 0 aliphatic carbocycles. The summed E-state index contributed by atoms with van der Waals surface area (Å²) in [4.78, 5) is 33.5. The number of para-hydroxylation sites is 1. The summed E-state index contributed by atoms with van der Waals surface area (Å²) < 4.78 is 66.2.